The van der Waals surface area contributed by atoms with Gasteiger partial charge in [-0.2, -0.15) is 0 Å². The van der Waals surface area contributed by atoms with Crippen LogP contribution >= 0.6 is 0 Å². The van der Waals surface area contributed by atoms with Crippen molar-refractivity contribution in [3.8, 4) is 0 Å². The van der Waals surface area contributed by atoms with Crippen molar-refractivity contribution in [1.82, 2.24) is 14.9 Å². The van der Waals surface area contributed by atoms with Crippen LogP contribution in [0.5, 0.6) is 0 Å². The number of amides is 1. The van der Waals surface area contributed by atoms with Gasteiger partial charge in [0.25, 0.3) is 0 Å². The van der Waals surface area contributed by atoms with Gasteiger partial charge in [-0.25, -0.2) is 4.98 Å². The summed E-state index contributed by atoms with van der Waals surface area (Å²) < 4.78 is 0. The highest BCUT2D eigenvalue weighted by molar-refractivity contribution is 5.80. The molecule has 1 aliphatic rings. The highest BCUT2D eigenvalue weighted by Crippen LogP contribution is 2.27. The van der Waals surface area contributed by atoms with Gasteiger partial charge >= 0.3 is 0 Å². The first-order chi connectivity index (χ1) is 9.28. The molecule has 1 aliphatic heterocycles. The summed E-state index contributed by atoms with van der Waals surface area (Å²) in [5, 5.41) is 0. The first-order valence-electron chi connectivity index (χ1n) is 7.00. The van der Waals surface area contributed by atoms with Crippen LogP contribution in [-0.4, -0.2) is 33.9 Å². The van der Waals surface area contributed by atoms with Gasteiger partial charge < -0.3 is 9.88 Å². The maximum Gasteiger partial charge on any atom is 0.223 e. The van der Waals surface area contributed by atoms with E-state index in [0.29, 0.717) is 6.42 Å². The Hall–Kier alpha value is -1.84. The van der Waals surface area contributed by atoms with E-state index in [4.69, 9.17) is 0 Å². The number of hydrogen-bond donors (Lipinski definition) is 1. The number of likely N-dealkylation sites (tertiary alicyclic amines) is 1. The molecular weight excluding hydrogens is 238 g/mol. The average Bonchev–Trinajstić information content (AvgIpc) is 2.99. The molecular formula is C15H19N3O. The molecule has 0 spiro atoms. The number of nitrogens with zero attached hydrogens (tertiary/aromatic N) is 2. The second-order valence-corrected chi connectivity index (χ2v) is 5.23. The monoisotopic (exact) mass is 257 g/mol. The van der Waals surface area contributed by atoms with Crippen LogP contribution in [0, 0.1) is 0 Å². The minimum Gasteiger partial charge on any atom is -0.342 e. The Morgan fingerprint density at radius 3 is 3.05 bits per heavy atom. The van der Waals surface area contributed by atoms with Gasteiger partial charge in [0.2, 0.25) is 5.91 Å². The lowest BCUT2D eigenvalue weighted by Crippen LogP contribution is -2.26. The molecule has 1 N–H and O–H groups in total. The molecule has 1 fully saturated rings. The van der Waals surface area contributed by atoms with Crippen molar-refractivity contribution in [1.29, 1.82) is 0 Å². The largest absolute Gasteiger partial charge is 0.342 e. The van der Waals surface area contributed by atoms with Crippen LogP contribution < -0.4 is 0 Å². The van der Waals surface area contributed by atoms with E-state index < -0.39 is 0 Å². The van der Waals surface area contributed by atoms with Crippen LogP contribution in [0.25, 0.3) is 11.0 Å². The molecule has 0 bridgehead atoms. The molecule has 4 nitrogen and oxygen atoms in total. The van der Waals surface area contributed by atoms with Crippen LogP contribution in [-0.2, 0) is 4.79 Å². The van der Waals surface area contributed by atoms with Crippen LogP contribution in [0.1, 0.15) is 37.9 Å². The molecule has 100 valence electrons. The number of aromatic amines is 1. The smallest absolute Gasteiger partial charge is 0.223 e. The zero-order chi connectivity index (χ0) is 13.2. The Bertz CT molecular complexity index is 557. The first kappa shape index (κ1) is 12.2. The van der Waals surface area contributed by atoms with Crippen molar-refractivity contribution in [3.63, 3.8) is 0 Å². The van der Waals surface area contributed by atoms with Crippen LogP contribution in [0.4, 0.5) is 0 Å². The summed E-state index contributed by atoms with van der Waals surface area (Å²) in [6, 6.07) is 8.01. The molecule has 3 rings (SSSR count). The van der Waals surface area contributed by atoms with E-state index in [1.165, 1.54) is 0 Å². The Morgan fingerprint density at radius 2 is 2.26 bits per heavy atom. The molecule has 0 aliphatic carbocycles. The zero-order valence-electron chi connectivity index (χ0n) is 11.2. The molecule has 1 aromatic carbocycles. The number of fused-ring (bicyclic) bond motifs is 1. The van der Waals surface area contributed by atoms with Gasteiger partial charge in [-0.1, -0.05) is 25.5 Å². The molecule has 2 heterocycles. The van der Waals surface area contributed by atoms with Crippen molar-refractivity contribution in [3.05, 3.63) is 30.1 Å². The highest BCUT2D eigenvalue weighted by atomic mass is 16.2. The van der Waals surface area contributed by atoms with Gasteiger partial charge in [-0.15, -0.1) is 0 Å². The Kier molecular flexibility index (Phi) is 3.23. The number of para-hydroxylation sites is 2. The third-order valence-corrected chi connectivity index (χ3v) is 3.79. The van der Waals surface area contributed by atoms with Crippen molar-refractivity contribution >= 4 is 16.9 Å². The topological polar surface area (TPSA) is 49.0 Å². The zero-order valence-corrected chi connectivity index (χ0v) is 11.2. The van der Waals surface area contributed by atoms with Crippen LogP contribution in [0.2, 0.25) is 0 Å². The molecule has 1 atom stereocenters. The average molecular weight is 257 g/mol. The fourth-order valence-electron chi connectivity index (χ4n) is 2.69. The normalized spacial score (nSPS) is 19.5. The molecule has 1 amide bonds. The number of H-pyrrole nitrogens is 1. The summed E-state index contributed by atoms with van der Waals surface area (Å²) in [4.78, 5) is 21.9. The predicted octanol–water partition coefficient (Wildman–Crippen LogP) is 2.68. The van der Waals surface area contributed by atoms with Crippen LogP contribution in [0.3, 0.4) is 0 Å². The van der Waals surface area contributed by atoms with Crippen molar-refractivity contribution in [2.75, 3.05) is 13.1 Å². The summed E-state index contributed by atoms with van der Waals surface area (Å²) >= 11 is 0. The van der Waals surface area contributed by atoms with E-state index >= 15 is 0 Å². The molecule has 1 aromatic heterocycles. The molecule has 1 saturated heterocycles. The van der Waals surface area contributed by atoms with Crippen molar-refractivity contribution in [2.24, 2.45) is 0 Å². The van der Waals surface area contributed by atoms with Gasteiger partial charge in [0.05, 0.1) is 11.0 Å². The fourth-order valence-corrected chi connectivity index (χ4v) is 2.69. The maximum atomic E-state index is 12.0. The van der Waals surface area contributed by atoms with Gasteiger partial charge in [0.1, 0.15) is 5.82 Å². The van der Waals surface area contributed by atoms with Gasteiger partial charge in [0.15, 0.2) is 0 Å². The summed E-state index contributed by atoms with van der Waals surface area (Å²) in [6.45, 7) is 3.84. The molecule has 2 aromatic rings. The molecule has 4 heteroatoms. The second-order valence-electron chi connectivity index (χ2n) is 5.23. The van der Waals surface area contributed by atoms with Gasteiger partial charge in [0, 0.05) is 25.4 Å². The fraction of sp³-hybridized carbons (Fsp3) is 0.467. The number of carbonyl (C=O) groups is 1. The number of rotatable bonds is 4. The molecule has 0 unspecified atom stereocenters. The Morgan fingerprint density at radius 1 is 1.42 bits per heavy atom. The quantitative estimate of drug-likeness (QED) is 0.915. The maximum absolute atomic E-state index is 12.0. The molecule has 19 heavy (non-hydrogen) atoms. The van der Waals surface area contributed by atoms with E-state index in [1.54, 1.807) is 0 Å². The number of benzene rings is 1. The van der Waals surface area contributed by atoms with E-state index in [0.717, 1.165) is 42.8 Å². The lowest BCUT2D eigenvalue weighted by molar-refractivity contribution is -0.127. The standard InChI is InChI=1S/C15H19N3O/c1-2-3-8-18-10-11(9-14(18)19)15-16-12-6-4-5-7-13(12)17-15/h4-7,11H,2-3,8-10H2,1H3,(H,16,17)/t11-/m0/s1. The number of aromatic nitrogens is 2. The SMILES string of the molecule is CCCCN1C[C@@H](c2nc3ccccc3[nH]2)CC1=O. The van der Waals surface area contributed by atoms with E-state index in [-0.39, 0.29) is 11.8 Å². The molecule has 0 saturated carbocycles. The lowest BCUT2D eigenvalue weighted by atomic mass is 10.1. The van der Waals surface area contributed by atoms with E-state index in [9.17, 15) is 4.79 Å². The number of imidazole rings is 1. The molecule has 0 radical (unpaired) electrons. The number of hydrogen-bond acceptors (Lipinski definition) is 2. The summed E-state index contributed by atoms with van der Waals surface area (Å²) in [5.41, 5.74) is 2.04. The van der Waals surface area contributed by atoms with E-state index in [2.05, 4.69) is 16.9 Å². The predicted molar refractivity (Wildman–Crippen MR) is 74.9 cm³/mol. The number of unbranched alkanes of at least 4 members (excludes halogenated alkanes) is 1. The lowest BCUT2D eigenvalue weighted by Gasteiger charge is -2.15. The minimum absolute atomic E-state index is 0.219. The van der Waals surface area contributed by atoms with E-state index in [1.807, 2.05) is 29.2 Å². The van der Waals surface area contributed by atoms with Crippen molar-refractivity contribution in [2.45, 2.75) is 32.1 Å². The third-order valence-electron chi connectivity index (χ3n) is 3.79. The third kappa shape index (κ3) is 2.35. The van der Waals surface area contributed by atoms with Gasteiger partial charge in [-0.05, 0) is 18.6 Å². The summed E-state index contributed by atoms with van der Waals surface area (Å²) in [7, 11) is 0. The summed E-state index contributed by atoms with van der Waals surface area (Å²) in [6.07, 6.45) is 2.79. The number of carbonyl (C=O) groups excluding carboxylic acids is 1. The first-order valence-corrected chi connectivity index (χ1v) is 7.00. The van der Waals surface area contributed by atoms with Crippen molar-refractivity contribution < 1.29 is 4.79 Å². The number of nitrogens with one attached hydrogen (secondary N) is 1. The Labute approximate surface area is 112 Å². The van der Waals surface area contributed by atoms with Crippen LogP contribution in [0.15, 0.2) is 24.3 Å². The highest BCUT2D eigenvalue weighted by Gasteiger charge is 2.31. The van der Waals surface area contributed by atoms with Gasteiger partial charge in [-0.3, -0.25) is 4.79 Å². The Balaban J connectivity index is 1.78. The second kappa shape index (κ2) is 5.03. The minimum atomic E-state index is 0.219. The summed E-state index contributed by atoms with van der Waals surface area (Å²) in [5.74, 6) is 1.43.